The number of nitrogens with one attached hydrogen (secondary N) is 1. The highest BCUT2D eigenvalue weighted by molar-refractivity contribution is 7.18. The molecule has 1 amide bonds. The first-order chi connectivity index (χ1) is 15.5. The molecule has 0 radical (unpaired) electrons. The highest BCUT2D eigenvalue weighted by Crippen LogP contribution is 2.25. The van der Waals surface area contributed by atoms with Crippen LogP contribution in [0.1, 0.15) is 22.7 Å². The van der Waals surface area contributed by atoms with Crippen molar-refractivity contribution in [1.29, 1.82) is 0 Å². The standard InChI is InChI=1S/C24H27N5O2S/c1-16-17(2)32-24-22(16)23(31)25-20(26-24)15-27-11-13-29(14-12-27)21(30)8-10-28-9-7-18-5-3-4-6-19(18)28/h3-7,9H,8,10-15H2,1-2H3,(H,25,26,31). The van der Waals surface area contributed by atoms with Crippen LogP contribution in [-0.2, 0) is 17.9 Å². The van der Waals surface area contributed by atoms with Crippen LogP contribution in [0.3, 0.4) is 0 Å². The van der Waals surface area contributed by atoms with E-state index in [0.717, 1.165) is 28.4 Å². The molecule has 1 aromatic carbocycles. The molecule has 1 N–H and O–H groups in total. The SMILES string of the molecule is Cc1sc2nc(CN3CCN(C(=O)CCn4ccc5ccccc54)CC3)[nH]c(=O)c2c1C. The van der Waals surface area contributed by atoms with Crippen LogP contribution in [0.5, 0.6) is 0 Å². The molecule has 0 saturated carbocycles. The van der Waals surface area contributed by atoms with E-state index >= 15 is 0 Å². The van der Waals surface area contributed by atoms with Crippen molar-refractivity contribution in [2.75, 3.05) is 26.2 Å². The summed E-state index contributed by atoms with van der Waals surface area (Å²) in [5.41, 5.74) is 2.13. The molecule has 5 rings (SSSR count). The first-order valence-corrected chi connectivity index (χ1v) is 11.8. The van der Waals surface area contributed by atoms with Crippen LogP contribution in [0, 0.1) is 13.8 Å². The van der Waals surface area contributed by atoms with Gasteiger partial charge < -0.3 is 14.5 Å². The second-order valence-electron chi connectivity index (χ2n) is 8.45. The first-order valence-electron chi connectivity index (χ1n) is 11.0. The van der Waals surface area contributed by atoms with Crippen molar-refractivity contribution in [2.24, 2.45) is 0 Å². The topological polar surface area (TPSA) is 74.2 Å². The van der Waals surface area contributed by atoms with Crippen molar-refractivity contribution in [3.63, 3.8) is 0 Å². The summed E-state index contributed by atoms with van der Waals surface area (Å²) >= 11 is 1.57. The molecule has 1 aliphatic rings. The molecule has 4 heterocycles. The lowest BCUT2D eigenvalue weighted by Crippen LogP contribution is -2.48. The van der Waals surface area contributed by atoms with E-state index in [9.17, 15) is 9.59 Å². The minimum atomic E-state index is -0.0572. The third-order valence-electron chi connectivity index (χ3n) is 6.43. The number of aryl methyl sites for hydroxylation is 3. The van der Waals surface area contributed by atoms with Crippen molar-refractivity contribution in [3.05, 3.63) is 63.1 Å². The number of para-hydroxylation sites is 1. The first kappa shape index (κ1) is 20.9. The van der Waals surface area contributed by atoms with Crippen LogP contribution >= 0.6 is 11.3 Å². The summed E-state index contributed by atoms with van der Waals surface area (Å²) < 4.78 is 2.15. The van der Waals surface area contributed by atoms with E-state index in [1.54, 1.807) is 11.3 Å². The zero-order chi connectivity index (χ0) is 22.2. The third-order valence-corrected chi connectivity index (χ3v) is 7.53. The van der Waals surface area contributed by atoms with Crippen LogP contribution in [0.4, 0.5) is 0 Å². The van der Waals surface area contributed by atoms with Crippen LogP contribution in [0.25, 0.3) is 21.1 Å². The van der Waals surface area contributed by atoms with Gasteiger partial charge in [0.25, 0.3) is 5.56 Å². The van der Waals surface area contributed by atoms with Crippen LogP contribution in [0.2, 0.25) is 0 Å². The maximum atomic E-state index is 12.8. The zero-order valence-electron chi connectivity index (χ0n) is 18.4. The molecule has 7 nitrogen and oxygen atoms in total. The number of fused-ring (bicyclic) bond motifs is 2. The lowest BCUT2D eigenvalue weighted by molar-refractivity contribution is -0.133. The van der Waals surface area contributed by atoms with E-state index < -0.39 is 0 Å². The molecule has 1 fully saturated rings. The smallest absolute Gasteiger partial charge is 0.259 e. The number of aromatic nitrogens is 3. The maximum Gasteiger partial charge on any atom is 0.259 e. The lowest BCUT2D eigenvalue weighted by atomic mass is 10.2. The van der Waals surface area contributed by atoms with Gasteiger partial charge in [-0.15, -0.1) is 11.3 Å². The Labute approximate surface area is 190 Å². The summed E-state index contributed by atoms with van der Waals surface area (Å²) in [4.78, 5) is 39.0. The van der Waals surface area contributed by atoms with Crippen LogP contribution in [0.15, 0.2) is 41.3 Å². The molecule has 166 valence electrons. The number of carbonyl (C=O) groups excluding carboxylic acids is 1. The fourth-order valence-electron chi connectivity index (χ4n) is 4.45. The number of hydrogen-bond acceptors (Lipinski definition) is 5. The van der Waals surface area contributed by atoms with Gasteiger partial charge in [-0.25, -0.2) is 4.98 Å². The number of rotatable bonds is 5. The molecule has 0 atom stereocenters. The Bertz CT molecular complexity index is 1340. The van der Waals surface area contributed by atoms with Gasteiger partial charge in [0.1, 0.15) is 10.7 Å². The predicted molar refractivity (Wildman–Crippen MR) is 128 cm³/mol. The Morgan fingerprint density at radius 1 is 1.12 bits per heavy atom. The lowest BCUT2D eigenvalue weighted by Gasteiger charge is -2.34. The van der Waals surface area contributed by atoms with Crippen molar-refractivity contribution in [2.45, 2.75) is 33.4 Å². The molecular weight excluding hydrogens is 422 g/mol. The van der Waals surface area contributed by atoms with E-state index in [1.165, 1.54) is 10.9 Å². The molecule has 1 aliphatic heterocycles. The Hall–Kier alpha value is -2.97. The van der Waals surface area contributed by atoms with Crippen molar-refractivity contribution in [1.82, 2.24) is 24.3 Å². The number of benzene rings is 1. The van der Waals surface area contributed by atoms with Gasteiger partial charge >= 0.3 is 0 Å². The number of thiophene rings is 1. The molecule has 32 heavy (non-hydrogen) atoms. The summed E-state index contributed by atoms with van der Waals surface area (Å²) in [6.07, 6.45) is 2.55. The molecule has 0 spiro atoms. The van der Waals surface area contributed by atoms with E-state index in [4.69, 9.17) is 0 Å². The normalized spacial score (nSPS) is 15.1. The third kappa shape index (κ3) is 3.96. The molecule has 8 heteroatoms. The van der Waals surface area contributed by atoms with Gasteiger partial charge in [0, 0.05) is 55.7 Å². The number of aromatic amines is 1. The minimum Gasteiger partial charge on any atom is -0.347 e. The summed E-state index contributed by atoms with van der Waals surface area (Å²) in [6, 6.07) is 10.3. The number of nitrogens with zero attached hydrogens (tertiary/aromatic N) is 4. The van der Waals surface area contributed by atoms with Crippen molar-refractivity contribution in [3.8, 4) is 0 Å². The molecule has 4 aromatic rings. The largest absolute Gasteiger partial charge is 0.347 e. The number of piperazine rings is 1. The van der Waals surface area contributed by atoms with Gasteiger partial charge in [-0.1, -0.05) is 18.2 Å². The van der Waals surface area contributed by atoms with E-state index in [1.807, 2.05) is 30.9 Å². The fourth-order valence-corrected chi connectivity index (χ4v) is 5.50. The van der Waals surface area contributed by atoms with E-state index in [0.29, 0.717) is 43.8 Å². The molecule has 0 aliphatic carbocycles. The monoisotopic (exact) mass is 449 g/mol. The zero-order valence-corrected chi connectivity index (χ0v) is 19.2. The Kier molecular flexibility index (Phi) is 5.57. The second-order valence-corrected chi connectivity index (χ2v) is 9.65. The molecule has 0 unspecified atom stereocenters. The number of amides is 1. The summed E-state index contributed by atoms with van der Waals surface area (Å²) in [5.74, 6) is 0.892. The van der Waals surface area contributed by atoms with Gasteiger partial charge in [-0.3, -0.25) is 14.5 Å². The average molecular weight is 450 g/mol. The number of carbonyl (C=O) groups is 1. The fraction of sp³-hybridized carbons (Fsp3) is 0.375. The quantitative estimate of drug-likeness (QED) is 0.507. The maximum absolute atomic E-state index is 12.8. The second kappa shape index (κ2) is 8.52. The summed E-state index contributed by atoms with van der Waals surface area (Å²) in [7, 11) is 0. The molecule has 1 saturated heterocycles. The van der Waals surface area contributed by atoms with Gasteiger partial charge in [-0.05, 0) is 36.9 Å². The average Bonchev–Trinajstić information content (AvgIpc) is 3.33. The van der Waals surface area contributed by atoms with Crippen LogP contribution in [-0.4, -0.2) is 56.4 Å². The van der Waals surface area contributed by atoms with Gasteiger partial charge in [0.15, 0.2) is 0 Å². The molecule has 0 bridgehead atoms. The summed E-state index contributed by atoms with van der Waals surface area (Å²) in [6.45, 7) is 8.25. The molecule has 3 aromatic heterocycles. The highest BCUT2D eigenvalue weighted by atomic mass is 32.1. The van der Waals surface area contributed by atoms with Crippen molar-refractivity contribution < 1.29 is 4.79 Å². The highest BCUT2D eigenvalue weighted by Gasteiger charge is 2.22. The summed E-state index contributed by atoms with van der Waals surface area (Å²) in [5, 5.41) is 1.91. The Morgan fingerprint density at radius 2 is 1.91 bits per heavy atom. The van der Waals surface area contributed by atoms with Crippen LogP contribution < -0.4 is 5.56 Å². The molecular formula is C24H27N5O2S. The van der Waals surface area contributed by atoms with Crippen molar-refractivity contribution >= 4 is 38.4 Å². The minimum absolute atomic E-state index is 0.0572. The van der Waals surface area contributed by atoms with Gasteiger partial charge in [0.2, 0.25) is 5.91 Å². The number of hydrogen-bond donors (Lipinski definition) is 1. The number of H-pyrrole nitrogens is 1. The van der Waals surface area contributed by atoms with Gasteiger partial charge in [-0.2, -0.15) is 0 Å². The van der Waals surface area contributed by atoms with E-state index in [-0.39, 0.29) is 11.5 Å². The Morgan fingerprint density at radius 3 is 2.72 bits per heavy atom. The van der Waals surface area contributed by atoms with Gasteiger partial charge in [0.05, 0.1) is 11.9 Å². The van der Waals surface area contributed by atoms with E-state index in [2.05, 4.69) is 43.8 Å². The Balaban J connectivity index is 1.17. The predicted octanol–water partition coefficient (Wildman–Crippen LogP) is 3.29.